The van der Waals surface area contributed by atoms with Crippen LogP contribution in [0.15, 0.2) is 0 Å². The zero-order valence-electron chi connectivity index (χ0n) is 10.1. The number of phosphoric ester groups is 2. The van der Waals surface area contributed by atoms with E-state index in [1.54, 1.807) is 0 Å². The topological polar surface area (TPSA) is 169 Å². The molecular weight excluding hydrogens is 456 g/mol. The van der Waals surface area contributed by atoms with Gasteiger partial charge in [-0.05, 0) is 13.3 Å². The Morgan fingerprint density at radius 1 is 1.00 bits per heavy atom. The van der Waals surface area contributed by atoms with Gasteiger partial charge in [0.25, 0.3) is 0 Å². The maximum absolute atomic E-state index is 11.3. The normalized spacial score (nSPS) is 22.5. The fourth-order valence-electron chi connectivity index (χ4n) is 0.723. The Morgan fingerprint density at radius 3 is 1.85 bits per heavy atom. The third-order valence-corrected chi connectivity index (χ3v) is 6.48. The molecule has 122 valence electrons. The summed E-state index contributed by atoms with van der Waals surface area (Å²) in [7, 11) is -15.3. The molecule has 15 heteroatoms. The molecule has 0 saturated carbocycles. The van der Waals surface area contributed by atoms with Crippen molar-refractivity contribution in [1.29, 1.82) is 0 Å². The van der Waals surface area contributed by atoms with E-state index in [1.807, 2.05) is 0 Å². The number of alkyl halides is 1. The van der Waals surface area contributed by atoms with Gasteiger partial charge in [-0.15, -0.1) is 0 Å². The molecule has 0 saturated heterocycles. The van der Waals surface area contributed by atoms with Crippen molar-refractivity contribution in [3.8, 4) is 0 Å². The highest BCUT2D eigenvalue weighted by atomic mass is 127. The maximum Gasteiger partial charge on any atom is 0.490 e. The lowest BCUT2D eigenvalue weighted by Gasteiger charge is -2.17. The van der Waals surface area contributed by atoms with Crippen LogP contribution in [0.5, 0.6) is 0 Å². The number of aliphatic hydroxyl groups is 1. The van der Waals surface area contributed by atoms with Crippen LogP contribution in [0.4, 0.5) is 0 Å². The molecule has 0 aromatic heterocycles. The fraction of sp³-hybridized carbons (Fsp3) is 1.00. The van der Waals surface area contributed by atoms with Crippen LogP contribution in [0.25, 0.3) is 0 Å². The molecule has 0 spiro atoms. The van der Waals surface area contributed by atoms with Gasteiger partial charge in [-0.3, -0.25) is 9.05 Å². The molecule has 0 fully saturated rings. The fourth-order valence-corrected chi connectivity index (χ4v) is 5.09. The quantitative estimate of drug-likeness (QED) is 0.208. The minimum absolute atomic E-state index is 0.0407. The van der Waals surface area contributed by atoms with Crippen molar-refractivity contribution < 1.29 is 51.2 Å². The van der Waals surface area contributed by atoms with Crippen LogP contribution in [0, 0.1) is 0 Å². The summed E-state index contributed by atoms with van der Waals surface area (Å²) < 4.78 is 49.1. The highest BCUT2D eigenvalue weighted by Gasteiger charge is 2.41. The first-order valence-electron chi connectivity index (χ1n) is 4.83. The molecule has 0 aromatic rings. The molecule has 0 aromatic carbocycles. The lowest BCUT2D eigenvalue weighted by molar-refractivity contribution is 0.130. The Labute approximate surface area is 128 Å². The van der Waals surface area contributed by atoms with Gasteiger partial charge in [0, 0.05) is 0 Å². The Balaban J connectivity index is 4.54. The van der Waals surface area contributed by atoms with Crippen molar-refractivity contribution in [2.45, 2.75) is 19.4 Å². The van der Waals surface area contributed by atoms with Crippen LogP contribution in [0.1, 0.15) is 13.3 Å². The molecule has 4 N–H and O–H groups in total. The number of hydrogen-bond acceptors (Lipinski definition) is 8. The maximum atomic E-state index is 11.3. The average molecular weight is 470 g/mol. The highest BCUT2D eigenvalue weighted by molar-refractivity contribution is 14.1. The second-order valence-corrected chi connectivity index (χ2v) is 8.54. The number of rotatable bonds is 10. The average Bonchev–Trinajstić information content (AvgIpc) is 2.10. The number of aliphatic hydroxyl groups excluding tert-OH is 1. The van der Waals surface area contributed by atoms with Crippen molar-refractivity contribution in [3.63, 3.8) is 0 Å². The molecular formula is C5H14IO11P3. The lowest BCUT2D eigenvalue weighted by atomic mass is 10.3. The van der Waals surface area contributed by atoms with E-state index in [0.29, 0.717) is 0 Å². The van der Waals surface area contributed by atoms with E-state index in [4.69, 9.17) is 19.8 Å². The number of halogens is 1. The van der Waals surface area contributed by atoms with E-state index in [0.717, 1.165) is 0 Å². The van der Waals surface area contributed by atoms with E-state index in [9.17, 15) is 13.7 Å². The van der Waals surface area contributed by atoms with Gasteiger partial charge in [0.2, 0.25) is 0 Å². The Morgan fingerprint density at radius 2 is 1.45 bits per heavy atom. The first kappa shape index (κ1) is 21.1. The molecule has 0 amide bonds. The summed E-state index contributed by atoms with van der Waals surface area (Å²) in [5.41, 5.74) is 0. The van der Waals surface area contributed by atoms with E-state index in [1.165, 1.54) is 29.5 Å². The van der Waals surface area contributed by atoms with Crippen molar-refractivity contribution >= 4 is 46.1 Å². The second-order valence-electron chi connectivity index (χ2n) is 3.28. The third-order valence-electron chi connectivity index (χ3n) is 1.41. The summed E-state index contributed by atoms with van der Waals surface area (Å²) in [6, 6.07) is 0. The van der Waals surface area contributed by atoms with Crippen LogP contribution in [0.3, 0.4) is 0 Å². The predicted molar refractivity (Wildman–Crippen MR) is 73.9 cm³/mol. The third kappa shape index (κ3) is 10.8. The number of phosphoric acid groups is 3. The molecule has 0 radical (unpaired) electrons. The van der Waals surface area contributed by atoms with Crippen molar-refractivity contribution in [2.75, 3.05) is 11.2 Å². The van der Waals surface area contributed by atoms with Gasteiger partial charge < -0.3 is 19.8 Å². The molecule has 4 atom stereocenters. The molecule has 0 heterocycles. The van der Waals surface area contributed by atoms with Gasteiger partial charge in [0.15, 0.2) is 0 Å². The molecule has 0 rings (SSSR count). The van der Waals surface area contributed by atoms with E-state index in [-0.39, 0.29) is 11.0 Å². The van der Waals surface area contributed by atoms with Crippen LogP contribution >= 0.6 is 46.1 Å². The molecule has 0 bridgehead atoms. The Bertz CT molecular complexity index is 438. The lowest BCUT2D eigenvalue weighted by Crippen LogP contribution is -2.05. The SMILES string of the molecule is CC(O)CCOP(=O)(O)OP(=O)(O)OP(=O)(O)OCI. The molecule has 4 unspecified atom stereocenters. The summed E-state index contributed by atoms with van der Waals surface area (Å²) in [5, 5.41) is 8.89. The molecule has 11 nitrogen and oxygen atoms in total. The summed E-state index contributed by atoms with van der Waals surface area (Å²) in [6.45, 7) is 0.933. The van der Waals surface area contributed by atoms with Crippen LogP contribution in [-0.4, -0.2) is 37.1 Å². The van der Waals surface area contributed by atoms with Crippen molar-refractivity contribution in [2.24, 2.45) is 0 Å². The van der Waals surface area contributed by atoms with Gasteiger partial charge in [0.1, 0.15) is 4.61 Å². The van der Waals surface area contributed by atoms with Crippen LogP contribution < -0.4 is 0 Å². The summed E-state index contributed by atoms with van der Waals surface area (Å²) >= 11 is 1.52. The van der Waals surface area contributed by atoms with Gasteiger partial charge in [-0.2, -0.15) is 8.62 Å². The van der Waals surface area contributed by atoms with Crippen molar-refractivity contribution in [3.05, 3.63) is 0 Å². The van der Waals surface area contributed by atoms with Gasteiger partial charge in [-0.1, -0.05) is 22.6 Å². The summed E-state index contributed by atoms with van der Waals surface area (Å²) in [4.78, 5) is 27.1. The molecule has 20 heavy (non-hydrogen) atoms. The largest absolute Gasteiger partial charge is 0.490 e. The minimum atomic E-state index is -5.37. The molecule has 0 aliphatic carbocycles. The second kappa shape index (κ2) is 8.66. The molecule has 0 aliphatic rings. The van der Waals surface area contributed by atoms with Gasteiger partial charge >= 0.3 is 23.5 Å². The molecule has 0 aliphatic heterocycles. The zero-order valence-corrected chi connectivity index (χ0v) is 14.9. The Kier molecular flexibility index (Phi) is 9.14. The first-order valence-corrected chi connectivity index (χ1v) is 10.8. The van der Waals surface area contributed by atoms with Gasteiger partial charge in [-0.25, -0.2) is 13.7 Å². The minimum Gasteiger partial charge on any atom is -0.393 e. The smallest absolute Gasteiger partial charge is 0.393 e. The number of hydrogen-bond donors (Lipinski definition) is 4. The standard InChI is InChI=1S/C5H14IO11P3/c1-5(7)2-3-14-18(8,9)16-20(12,13)17-19(10,11)15-4-6/h5,7H,2-4H2,1H3,(H,8,9)(H,10,11)(H,12,13). The van der Waals surface area contributed by atoms with E-state index < -0.39 is 36.2 Å². The highest BCUT2D eigenvalue weighted by Crippen LogP contribution is 2.67. The van der Waals surface area contributed by atoms with Gasteiger partial charge in [0.05, 0.1) is 12.7 Å². The van der Waals surface area contributed by atoms with E-state index in [2.05, 4.69) is 17.7 Å². The van der Waals surface area contributed by atoms with E-state index >= 15 is 0 Å². The predicted octanol–water partition coefficient (Wildman–Crippen LogP) is 1.52. The summed E-state index contributed by atoms with van der Waals surface area (Å²) in [5.74, 6) is 0. The van der Waals surface area contributed by atoms with Crippen LogP contribution in [0.2, 0.25) is 0 Å². The first-order chi connectivity index (χ1) is 8.89. The zero-order chi connectivity index (χ0) is 16.0. The summed E-state index contributed by atoms with van der Waals surface area (Å²) in [6.07, 6.45) is -0.872. The van der Waals surface area contributed by atoms with Crippen LogP contribution in [-0.2, 0) is 31.4 Å². The monoisotopic (exact) mass is 470 g/mol. The van der Waals surface area contributed by atoms with Crippen molar-refractivity contribution in [1.82, 2.24) is 0 Å². The Hall–Kier alpha value is 1.10.